The first-order valence-corrected chi connectivity index (χ1v) is 0. The summed E-state index contributed by atoms with van der Waals surface area (Å²) < 4.78 is 0. The molecule has 0 aliphatic rings. The van der Waals surface area contributed by atoms with E-state index in [0.29, 0.717) is 0 Å². The summed E-state index contributed by atoms with van der Waals surface area (Å²) in [4.78, 5) is 0. The summed E-state index contributed by atoms with van der Waals surface area (Å²) in [7, 11) is 0. The molecule has 0 saturated heterocycles. The second-order valence-corrected chi connectivity index (χ2v) is 0. The molecule has 0 aliphatic heterocycles. The molecule has 0 amide bonds. The first-order chi connectivity index (χ1) is 0. The van der Waals surface area contributed by atoms with Gasteiger partial charge in [-0.2, -0.15) is 0 Å². The molecule has 0 aliphatic carbocycles. The molecule has 0 spiro atoms. The average Bonchev–Trinajstić information content (AvgIpc) is 0. The zero-order valence-electron chi connectivity index (χ0n) is 6.71. The van der Waals surface area contributed by atoms with Crippen LogP contribution in [0.15, 0.2) is 0 Å². The molecule has 0 bridgehead atoms. The molecule has 0 fully saturated rings. The van der Waals surface area contributed by atoms with Gasteiger partial charge in [-0.25, -0.2) is 0 Å². The van der Waals surface area contributed by atoms with Gasteiger partial charge in [-0.3, -0.25) is 0 Å². The molecule has 0 aromatic carbocycles. The van der Waals surface area contributed by atoms with Crippen LogP contribution in [0.25, 0.3) is 0 Å². The molecule has 0 atom stereocenters. The molecule has 0 aromatic rings. The minimum absolute atomic E-state index is 0. The van der Waals surface area contributed by atoms with Gasteiger partial charge in [-0.15, -0.1) is 0 Å². The van der Waals surface area contributed by atoms with E-state index in [-0.39, 0.29) is 139 Å². The fourth-order valence-corrected chi connectivity index (χ4v) is 0. The summed E-state index contributed by atoms with van der Waals surface area (Å²) in [6, 6.07) is 0. The van der Waals surface area contributed by atoms with E-state index >= 15 is 0 Å². The summed E-state index contributed by atoms with van der Waals surface area (Å²) >= 11 is 0. The van der Waals surface area contributed by atoms with Crippen LogP contribution in [0.1, 0.15) is 0 Å². The maximum absolute atomic E-state index is 0. The van der Waals surface area contributed by atoms with Gasteiger partial charge in [0.2, 0.25) is 0 Å². The Balaban J connectivity index is 0. The zero-order valence-corrected chi connectivity index (χ0v) is 14.7. The van der Waals surface area contributed by atoms with Crippen LogP contribution >= 0.6 is 0 Å². The molecule has 0 aromatic heterocycles. The largest absolute Gasteiger partial charge is 0.457 e. The Morgan fingerprint density at radius 2 is 0.214 bits per heavy atom. The Kier molecular flexibility index (Phi) is 28400. The quantitative estimate of drug-likeness (QED) is 0.195. The second kappa shape index (κ2) is 571. The summed E-state index contributed by atoms with van der Waals surface area (Å²) in [5.41, 5.74) is 0. The maximum atomic E-state index is 0. The van der Waals surface area contributed by atoms with Crippen LogP contribution in [-0.2, 0) is 89.7 Å². The van der Waals surface area contributed by atoms with Gasteiger partial charge in [-0.1, -0.05) is 0 Å². The first kappa shape index (κ1) is 696. The van der Waals surface area contributed by atoms with Gasteiger partial charge in [0.15, 0.2) is 0 Å². The minimum Gasteiger partial charge on any atom is -0.457 e. The third-order valence-electron chi connectivity index (χ3n) is 0. The molecule has 21 N–H and O–H groups in total. The van der Waals surface area contributed by atoms with Crippen LogP contribution in [0.2, 0.25) is 0 Å². The Morgan fingerprint density at radius 3 is 0.214 bits per heavy atom. The van der Waals surface area contributed by atoms with Crippen LogP contribution < -0.4 is 0 Å². The summed E-state index contributed by atoms with van der Waals surface area (Å²) in [5, 5.41) is 0. The van der Waals surface area contributed by atoms with E-state index in [9.17, 15) is 0 Å². The van der Waals surface area contributed by atoms with Crippen molar-refractivity contribution in [3.05, 3.63) is 0 Å². The molecule has 14 heteroatoms. The van der Waals surface area contributed by atoms with Gasteiger partial charge in [0.05, 0.1) is 0 Å². The SMILES string of the molecule is O.O.O.O.O.O.O.O.O.[Mo].[Mo].[Mo].[Mo].[OH3+]. The maximum Gasteiger partial charge on any atom is 0 e. The van der Waals surface area contributed by atoms with Crippen LogP contribution in [-0.4, -0.2) is 49.3 Å². The van der Waals surface area contributed by atoms with E-state index in [4.69, 9.17) is 0 Å². The van der Waals surface area contributed by atoms with Gasteiger partial charge in [0.1, 0.15) is 0 Å². The second-order valence-electron chi connectivity index (χ2n) is 0. The molecule has 0 heterocycles. The van der Waals surface area contributed by atoms with Crippen molar-refractivity contribution in [2.24, 2.45) is 0 Å². The van der Waals surface area contributed by atoms with E-state index in [1.54, 1.807) is 0 Å². The van der Waals surface area contributed by atoms with E-state index < -0.39 is 0 Å². The monoisotopic (exact) mass is 573 g/mol. The molecular formula is H21Mo4O10+. The Morgan fingerprint density at radius 1 is 0.214 bits per heavy atom. The normalized spacial score (nSPS) is 0. The third-order valence-corrected chi connectivity index (χ3v) is 0. The molecule has 104 valence electrons. The van der Waals surface area contributed by atoms with E-state index in [0.717, 1.165) is 0 Å². The number of rotatable bonds is 0. The average molecular weight is 565 g/mol. The van der Waals surface area contributed by atoms with Crippen LogP contribution in [0.5, 0.6) is 0 Å². The topological polar surface area (TPSA) is 316 Å². The van der Waals surface area contributed by atoms with Crippen molar-refractivity contribution < 1.29 is 139 Å². The predicted molar refractivity (Wildman–Crippen MR) is 37.4 cm³/mol. The van der Waals surface area contributed by atoms with Crippen molar-refractivity contribution in [2.45, 2.75) is 0 Å². The molecular weight excluding hydrogens is 544 g/mol. The Bertz CT molecular complexity index is 12.1. The number of hydrogen-bond acceptors (Lipinski definition) is 0. The van der Waals surface area contributed by atoms with Crippen molar-refractivity contribution in [3.8, 4) is 0 Å². The molecule has 0 saturated carbocycles. The minimum atomic E-state index is 0. The zero-order chi connectivity index (χ0) is 0. The predicted octanol–water partition coefficient (Wildman–Crippen LogP) is -8.35. The third kappa shape index (κ3) is 462. The fraction of sp³-hybridized carbons (Fsp3) is 0. The van der Waals surface area contributed by atoms with Crippen LogP contribution in [0, 0.1) is 0 Å². The summed E-state index contributed by atoms with van der Waals surface area (Å²) in [5.74, 6) is 0. The van der Waals surface area contributed by atoms with Crippen molar-refractivity contribution in [1.82, 2.24) is 0 Å². The van der Waals surface area contributed by atoms with Crippen LogP contribution in [0.3, 0.4) is 0 Å². The van der Waals surface area contributed by atoms with Gasteiger partial charge < -0.3 is 54.8 Å². The molecule has 14 heavy (non-hydrogen) atoms. The first-order valence-electron chi connectivity index (χ1n) is 0. The van der Waals surface area contributed by atoms with Crippen molar-refractivity contribution in [1.29, 1.82) is 0 Å². The van der Waals surface area contributed by atoms with Crippen molar-refractivity contribution in [2.75, 3.05) is 0 Å². The summed E-state index contributed by atoms with van der Waals surface area (Å²) in [6.07, 6.45) is 0. The van der Waals surface area contributed by atoms with Gasteiger partial charge in [0.25, 0.3) is 0 Å². The van der Waals surface area contributed by atoms with Gasteiger partial charge in [0, 0.05) is 84.3 Å². The van der Waals surface area contributed by atoms with E-state index in [1.807, 2.05) is 0 Å². The van der Waals surface area contributed by atoms with E-state index in [2.05, 4.69) is 0 Å². The standard InChI is InChI=1S/4Mo.10H2O/h;;;;10*1H2/p+1. The smallest absolute Gasteiger partial charge is 0 e. The van der Waals surface area contributed by atoms with Gasteiger partial charge >= 0.3 is 0 Å². The summed E-state index contributed by atoms with van der Waals surface area (Å²) in [6.45, 7) is 0. The fourth-order valence-electron chi connectivity index (χ4n) is 0. The number of hydrogen-bond donors (Lipinski definition) is 0. The van der Waals surface area contributed by atoms with Crippen molar-refractivity contribution >= 4 is 0 Å². The Labute approximate surface area is 138 Å². The Hall–Kier alpha value is 2.35. The molecule has 0 radical (unpaired) electrons. The van der Waals surface area contributed by atoms with E-state index in [1.165, 1.54) is 0 Å². The van der Waals surface area contributed by atoms with Crippen molar-refractivity contribution in [3.63, 3.8) is 0 Å². The molecule has 10 nitrogen and oxygen atoms in total. The van der Waals surface area contributed by atoms with Gasteiger partial charge in [-0.05, 0) is 0 Å². The van der Waals surface area contributed by atoms with Crippen LogP contribution in [0.4, 0.5) is 0 Å². The molecule has 0 unspecified atom stereocenters. The molecule has 0 rings (SSSR count).